The summed E-state index contributed by atoms with van der Waals surface area (Å²) in [6.07, 6.45) is 4.29. The number of oxime groups is 1. The molecule has 1 saturated heterocycles. The molecular weight excluding hydrogens is 414 g/mol. The fourth-order valence-corrected chi connectivity index (χ4v) is 5.43. The van der Waals surface area contributed by atoms with Gasteiger partial charge in [0.25, 0.3) is 0 Å². The van der Waals surface area contributed by atoms with Crippen LogP contribution in [0.15, 0.2) is 84.0 Å². The van der Waals surface area contributed by atoms with E-state index < -0.39 is 0 Å². The van der Waals surface area contributed by atoms with Crippen molar-refractivity contribution < 1.29 is 19.0 Å². The molecule has 5 heteroatoms. The van der Waals surface area contributed by atoms with E-state index in [4.69, 9.17) is 19.0 Å². The second-order valence-corrected chi connectivity index (χ2v) is 8.90. The van der Waals surface area contributed by atoms with Crippen LogP contribution >= 0.6 is 0 Å². The number of rotatable bonds is 7. The van der Waals surface area contributed by atoms with Gasteiger partial charge < -0.3 is 19.0 Å². The topological polar surface area (TPSA) is 49.3 Å². The fourth-order valence-electron chi connectivity index (χ4n) is 5.43. The Morgan fingerprint density at radius 3 is 1.94 bits per heavy atom. The Morgan fingerprint density at radius 2 is 1.39 bits per heavy atom. The highest BCUT2D eigenvalue weighted by atomic mass is 16.7. The van der Waals surface area contributed by atoms with Crippen molar-refractivity contribution in [1.82, 2.24) is 0 Å². The van der Waals surface area contributed by atoms with Gasteiger partial charge in [0.1, 0.15) is 11.5 Å². The molecule has 2 fully saturated rings. The number of ether oxygens (including phenoxy) is 3. The van der Waals surface area contributed by atoms with Crippen LogP contribution in [-0.4, -0.2) is 38.7 Å². The molecule has 3 aromatic rings. The maximum atomic E-state index is 6.33. The molecule has 0 aromatic heterocycles. The molecule has 5 nitrogen and oxygen atoms in total. The lowest BCUT2D eigenvalue weighted by Crippen LogP contribution is -2.55. The highest BCUT2D eigenvalue weighted by Gasteiger charge is 2.60. The summed E-state index contributed by atoms with van der Waals surface area (Å²) in [5.41, 5.74) is 3.25. The summed E-state index contributed by atoms with van der Waals surface area (Å²) in [6.45, 7) is 0.542. The molecule has 0 amide bonds. The van der Waals surface area contributed by atoms with E-state index in [0.717, 1.165) is 24.8 Å². The summed E-state index contributed by atoms with van der Waals surface area (Å²) in [4.78, 5) is 5.85. The van der Waals surface area contributed by atoms with Crippen molar-refractivity contribution in [2.75, 3.05) is 20.8 Å². The number of benzene rings is 3. The van der Waals surface area contributed by atoms with Crippen molar-refractivity contribution in [1.29, 1.82) is 0 Å². The Bertz CT molecular complexity index is 1040. The van der Waals surface area contributed by atoms with E-state index in [-0.39, 0.29) is 17.1 Å². The van der Waals surface area contributed by atoms with Crippen LogP contribution in [0.5, 0.6) is 11.5 Å². The van der Waals surface area contributed by atoms with Gasteiger partial charge in [0.15, 0.2) is 6.10 Å². The third kappa shape index (κ3) is 3.98. The Kier molecular flexibility index (Phi) is 5.81. The second-order valence-electron chi connectivity index (χ2n) is 8.90. The summed E-state index contributed by atoms with van der Waals surface area (Å²) >= 11 is 0. The first-order valence-corrected chi connectivity index (χ1v) is 11.3. The standard InChI is InChI=1S/C28H29NO4/c1-30-25-14-9-15-26(31-2)24(25)17-29-33-23-16-27(32-18-23)19-28(20-27,21-10-5-3-6-11-21)22-12-7-4-8-13-22/h3-15,17,23H,16,18-20H2,1-2H3/b29-17+. The van der Waals surface area contributed by atoms with Crippen LogP contribution in [-0.2, 0) is 15.0 Å². The van der Waals surface area contributed by atoms with Gasteiger partial charge in [-0.2, -0.15) is 0 Å². The van der Waals surface area contributed by atoms with Crippen LogP contribution in [0.1, 0.15) is 36.0 Å². The minimum Gasteiger partial charge on any atom is -0.496 e. The first kappa shape index (κ1) is 21.5. The normalized spacial score (nSPS) is 20.5. The van der Waals surface area contributed by atoms with Crippen molar-refractivity contribution in [2.24, 2.45) is 5.16 Å². The molecule has 1 heterocycles. The van der Waals surface area contributed by atoms with Gasteiger partial charge in [0, 0.05) is 11.8 Å². The molecule has 1 aliphatic carbocycles. The monoisotopic (exact) mass is 443 g/mol. The number of methoxy groups -OCH3 is 2. The summed E-state index contributed by atoms with van der Waals surface area (Å²) in [7, 11) is 3.26. The van der Waals surface area contributed by atoms with Gasteiger partial charge in [0.2, 0.25) is 0 Å². The van der Waals surface area contributed by atoms with Crippen molar-refractivity contribution in [3.63, 3.8) is 0 Å². The quantitative estimate of drug-likeness (QED) is 0.364. The van der Waals surface area contributed by atoms with Gasteiger partial charge in [-0.15, -0.1) is 0 Å². The summed E-state index contributed by atoms with van der Waals surface area (Å²) < 4.78 is 17.2. The average molecular weight is 444 g/mol. The van der Waals surface area contributed by atoms with E-state index in [1.165, 1.54) is 11.1 Å². The Balaban J connectivity index is 1.29. The van der Waals surface area contributed by atoms with Crippen LogP contribution in [0.25, 0.3) is 0 Å². The summed E-state index contributed by atoms with van der Waals surface area (Å²) in [6, 6.07) is 27.2. The Hall–Kier alpha value is -3.31. The van der Waals surface area contributed by atoms with Gasteiger partial charge in [-0.1, -0.05) is 71.9 Å². The minimum atomic E-state index is -0.173. The molecule has 33 heavy (non-hydrogen) atoms. The lowest BCUT2D eigenvalue weighted by atomic mass is 9.52. The maximum Gasteiger partial charge on any atom is 0.153 e. The number of nitrogens with zero attached hydrogens (tertiary/aromatic N) is 1. The van der Waals surface area contributed by atoms with Crippen molar-refractivity contribution in [3.05, 3.63) is 95.6 Å². The molecule has 1 unspecified atom stereocenters. The van der Waals surface area contributed by atoms with Crippen LogP contribution in [0.3, 0.4) is 0 Å². The van der Waals surface area contributed by atoms with E-state index in [1.807, 2.05) is 18.2 Å². The predicted molar refractivity (Wildman–Crippen MR) is 128 cm³/mol. The highest BCUT2D eigenvalue weighted by molar-refractivity contribution is 5.87. The van der Waals surface area contributed by atoms with E-state index >= 15 is 0 Å². The molecule has 3 aromatic carbocycles. The highest BCUT2D eigenvalue weighted by Crippen LogP contribution is 2.59. The predicted octanol–water partition coefficient (Wildman–Crippen LogP) is 5.36. The van der Waals surface area contributed by atoms with E-state index in [2.05, 4.69) is 65.8 Å². The second kappa shape index (κ2) is 8.91. The summed E-state index contributed by atoms with van der Waals surface area (Å²) in [5.74, 6) is 1.38. The fraction of sp³-hybridized carbons (Fsp3) is 0.321. The van der Waals surface area contributed by atoms with Gasteiger partial charge in [0.05, 0.1) is 38.2 Å². The molecular formula is C28H29NO4. The van der Waals surface area contributed by atoms with Gasteiger partial charge in [-0.25, -0.2) is 0 Å². The van der Waals surface area contributed by atoms with Crippen LogP contribution in [0, 0.1) is 0 Å². The zero-order chi connectivity index (χ0) is 22.7. The van der Waals surface area contributed by atoms with Crippen molar-refractivity contribution in [2.45, 2.75) is 36.4 Å². The molecule has 0 N–H and O–H groups in total. The van der Waals surface area contributed by atoms with Crippen molar-refractivity contribution >= 4 is 6.21 Å². The van der Waals surface area contributed by atoms with Crippen LogP contribution in [0.2, 0.25) is 0 Å². The lowest BCUT2D eigenvalue weighted by Gasteiger charge is -2.54. The molecule has 0 radical (unpaired) electrons. The smallest absolute Gasteiger partial charge is 0.153 e. The average Bonchev–Trinajstić information content (AvgIpc) is 3.28. The third-order valence-corrected chi connectivity index (χ3v) is 6.93. The van der Waals surface area contributed by atoms with Crippen LogP contribution < -0.4 is 9.47 Å². The lowest BCUT2D eigenvalue weighted by molar-refractivity contribution is -0.0942. The molecule has 1 spiro atoms. The third-order valence-electron chi connectivity index (χ3n) is 6.93. The molecule has 1 atom stereocenters. The minimum absolute atomic E-state index is 0.0224. The van der Waals surface area contributed by atoms with Gasteiger partial charge in [-0.05, 0) is 36.1 Å². The number of hydrogen-bond donors (Lipinski definition) is 0. The summed E-state index contributed by atoms with van der Waals surface area (Å²) in [5, 5.41) is 4.25. The van der Waals surface area contributed by atoms with Crippen molar-refractivity contribution in [3.8, 4) is 11.5 Å². The zero-order valence-corrected chi connectivity index (χ0v) is 19.1. The van der Waals surface area contributed by atoms with E-state index in [0.29, 0.717) is 18.1 Å². The Labute approximate surface area is 194 Å². The molecule has 2 aliphatic rings. The molecule has 5 rings (SSSR count). The largest absolute Gasteiger partial charge is 0.496 e. The molecule has 0 bridgehead atoms. The van der Waals surface area contributed by atoms with Crippen LogP contribution in [0.4, 0.5) is 0 Å². The number of hydrogen-bond acceptors (Lipinski definition) is 5. The first-order valence-electron chi connectivity index (χ1n) is 11.3. The SMILES string of the molecule is COc1cccc(OC)c1/C=N/OC1COC2(C1)CC(c1ccccc1)(c1ccccc1)C2. The van der Waals surface area contributed by atoms with E-state index in [1.54, 1.807) is 20.4 Å². The zero-order valence-electron chi connectivity index (χ0n) is 19.1. The molecule has 1 aliphatic heterocycles. The maximum absolute atomic E-state index is 6.33. The van der Waals surface area contributed by atoms with Gasteiger partial charge in [-0.3, -0.25) is 0 Å². The molecule has 1 saturated carbocycles. The first-order chi connectivity index (χ1) is 16.2. The van der Waals surface area contributed by atoms with E-state index in [9.17, 15) is 0 Å². The Morgan fingerprint density at radius 1 is 0.818 bits per heavy atom. The molecule has 170 valence electrons. The van der Waals surface area contributed by atoms with Gasteiger partial charge >= 0.3 is 0 Å².